The maximum absolute atomic E-state index is 5.87. The third kappa shape index (κ3) is 2.16. The van der Waals surface area contributed by atoms with Gasteiger partial charge in [0.15, 0.2) is 0 Å². The van der Waals surface area contributed by atoms with Gasteiger partial charge >= 0.3 is 0 Å². The molecule has 0 saturated carbocycles. The van der Waals surface area contributed by atoms with Gasteiger partial charge in [-0.1, -0.05) is 24.3 Å². The van der Waals surface area contributed by atoms with E-state index >= 15 is 0 Å². The summed E-state index contributed by atoms with van der Waals surface area (Å²) in [6, 6.07) is 11.7. The first-order valence-electron chi connectivity index (χ1n) is 6.42. The summed E-state index contributed by atoms with van der Waals surface area (Å²) in [5.41, 5.74) is 2.91. The molecule has 3 rings (SSSR count). The lowest BCUT2D eigenvalue weighted by atomic mass is 10.3. The Morgan fingerprint density at radius 1 is 1.25 bits per heavy atom. The van der Waals surface area contributed by atoms with Gasteiger partial charge in [-0.3, -0.25) is 0 Å². The lowest BCUT2D eigenvalue weighted by Gasteiger charge is -2.07. The maximum atomic E-state index is 5.87. The molecule has 0 N–H and O–H groups in total. The fourth-order valence-corrected chi connectivity index (χ4v) is 2.21. The summed E-state index contributed by atoms with van der Waals surface area (Å²) in [5, 5.41) is 0. The van der Waals surface area contributed by atoms with Gasteiger partial charge in [0.1, 0.15) is 17.6 Å². The molecule has 0 aliphatic carbocycles. The normalized spacial score (nSPS) is 10.7. The van der Waals surface area contributed by atoms with E-state index in [1.807, 2.05) is 49.5 Å². The molecule has 0 atom stereocenters. The van der Waals surface area contributed by atoms with Gasteiger partial charge in [-0.25, -0.2) is 4.98 Å². The third-order valence-electron chi connectivity index (χ3n) is 3.20. The van der Waals surface area contributed by atoms with Crippen molar-refractivity contribution in [2.45, 2.75) is 6.42 Å². The predicted molar refractivity (Wildman–Crippen MR) is 78.9 cm³/mol. The Hall–Kier alpha value is -2.62. The van der Waals surface area contributed by atoms with Crippen LogP contribution in [0.3, 0.4) is 0 Å². The molecule has 2 heterocycles. The van der Waals surface area contributed by atoms with Crippen molar-refractivity contribution in [1.82, 2.24) is 14.5 Å². The Morgan fingerprint density at radius 3 is 2.80 bits per heavy atom. The molecule has 0 unspecified atom stereocenters. The van der Waals surface area contributed by atoms with Crippen LogP contribution in [0.4, 0.5) is 0 Å². The molecular formula is C16H15N3O. The number of nitrogens with zero attached hydrogens (tertiary/aromatic N) is 3. The smallest absolute Gasteiger partial charge is 0.247 e. The van der Waals surface area contributed by atoms with Gasteiger partial charge in [0.05, 0.1) is 5.52 Å². The van der Waals surface area contributed by atoms with Crippen LogP contribution in [0.25, 0.3) is 11.0 Å². The number of allylic oxidation sites excluding steroid dienone is 1. The Labute approximate surface area is 117 Å². The molecule has 0 radical (unpaired) electrons. The van der Waals surface area contributed by atoms with Crippen molar-refractivity contribution in [3.63, 3.8) is 0 Å². The number of rotatable bonds is 4. The summed E-state index contributed by atoms with van der Waals surface area (Å²) in [6.45, 7) is 3.78. The fraction of sp³-hybridized carbons (Fsp3) is 0.125. The van der Waals surface area contributed by atoms with Crippen LogP contribution in [0, 0.1) is 0 Å². The minimum Gasteiger partial charge on any atom is -0.437 e. The van der Waals surface area contributed by atoms with Crippen LogP contribution in [-0.4, -0.2) is 14.5 Å². The summed E-state index contributed by atoms with van der Waals surface area (Å²) in [4.78, 5) is 8.56. The zero-order valence-electron chi connectivity index (χ0n) is 11.3. The lowest BCUT2D eigenvalue weighted by molar-refractivity contribution is 0.465. The second-order valence-corrected chi connectivity index (χ2v) is 4.52. The standard InChI is InChI=1S/C16H15N3O/c1-3-7-12-10-14-15(19(12)2)16(18-11-17-14)20-13-8-5-4-6-9-13/h3-6,8-11H,1,7H2,2H3. The molecule has 3 aromatic rings. The van der Waals surface area contributed by atoms with Crippen LogP contribution < -0.4 is 4.74 Å². The highest BCUT2D eigenvalue weighted by molar-refractivity contribution is 5.81. The predicted octanol–water partition coefficient (Wildman–Crippen LogP) is 3.49. The topological polar surface area (TPSA) is 39.9 Å². The number of para-hydroxylation sites is 1. The first kappa shape index (κ1) is 12.4. The first-order chi connectivity index (χ1) is 9.79. The lowest BCUT2D eigenvalue weighted by Crippen LogP contribution is -1.97. The molecule has 0 aliphatic rings. The van der Waals surface area contributed by atoms with Crippen molar-refractivity contribution in [1.29, 1.82) is 0 Å². The molecule has 0 fully saturated rings. The van der Waals surface area contributed by atoms with E-state index in [1.165, 1.54) is 6.33 Å². The largest absolute Gasteiger partial charge is 0.437 e. The highest BCUT2D eigenvalue weighted by Crippen LogP contribution is 2.28. The molecule has 0 saturated heterocycles. The van der Waals surface area contributed by atoms with Crippen molar-refractivity contribution in [2.24, 2.45) is 7.05 Å². The van der Waals surface area contributed by atoms with E-state index in [0.29, 0.717) is 5.88 Å². The number of aromatic nitrogens is 3. The number of ether oxygens (including phenoxy) is 1. The summed E-state index contributed by atoms with van der Waals surface area (Å²) >= 11 is 0. The molecule has 4 heteroatoms. The minimum absolute atomic E-state index is 0.569. The first-order valence-corrected chi connectivity index (χ1v) is 6.42. The van der Waals surface area contributed by atoms with Crippen LogP contribution >= 0.6 is 0 Å². The summed E-state index contributed by atoms with van der Waals surface area (Å²) in [5.74, 6) is 1.33. The van der Waals surface area contributed by atoms with Gasteiger partial charge in [-0.2, -0.15) is 4.98 Å². The fourth-order valence-electron chi connectivity index (χ4n) is 2.21. The van der Waals surface area contributed by atoms with Gasteiger partial charge in [0, 0.05) is 19.2 Å². The molecule has 0 aliphatic heterocycles. The Balaban J connectivity index is 2.09. The van der Waals surface area contributed by atoms with Crippen LogP contribution in [0.1, 0.15) is 5.69 Å². The summed E-state index contributed by atoms with van der Waals surface area (Å²) < 4.78 is 7.92. The zero-order valence-corrected chi connectivity index (χ0v) is 11.3. The molecule has 0 spiro atoms. The molecule has 20 heavy (non-hydrogen) atoms. The van der Waals surface area contributed by atoms with Crippen molar-refractivity contribution >= 4 is 11.0 Å². The number of hydrogen-bond acceptors (Lipinski definition) is 3. The quantitative estimate of drug-likeness (QED) is 0.678. The Morgan fingerprint density at radius 2 is 2.05 bits per heavy atom. The number of benzene rings is 1. The number of fused-ring (bicyclic) bond motifs is 1. The second kappa shape index (κ2) is 5.17. The minimum atomic E-state index is 0.569. The molecular weight excluding hydrogens is 250 g/mol. The molecule has 1 aromatic carbocycles. The molecule has 0 amide bonds. The molecule has 4 nitrogen and oxygen atoms in total. The average Bonchev–Trinajstić information content (AvgIpc) is 2.78. The van der Waals surface area contributed by atoms with Crippen LogP contribution in [0.15, 0.2) is 55.4 Å². The van der Waals surface area contributed by atoms with Crippen LogP contribution in [0.2, 0.25) is 0 Å². The second-order valence-electron chi connectivity index (χ2n) is 4.52. The van der Waals surface area contributed by atoms with E-state index < -0.39 is 0 Å². The summed E-state index contributed by atoms with van der Waals surface area (Å²) in [6.07, 6.45) is 4.19. The van der Waals surface area contributed by atoms with Crippen molar-refractivity contribution in [2.75, 3.05) is 0 Å². The van der Waals surface area contributed by atoms with Crippen molar-refractivity contribution in [3.8, 4) is 11.6 Å². The molecule has 2 aromatic heterocycles. The zero-order chi connectivity index (χ0) is 13.9. The van der Waals surface area contributed by atoms with Gasteiger partial charge in [-0.05, 0) is 18.2 Å². The summed E-state index contributed by atoms with van der Waals surface area (Å²) in [7, 11) is 1.99. The maximum Gasteiger partial charge on any atom is 0.247 e. The van der Waals surface area contributed by atoms with Crippen LogP contribution in [0.5, 0.6) is 11.6 Å². The van der Waals surface area contributed by atoms with Crippen molar-refractivity contribution < 1.29 is 4.74 Å². The van der Waals surface area contributed by atoms with E-state index in [-0.39, 0.29) is 0 Å². The monoisotopic (exact) mass is 265 g/mol. The third-order valence-corrected chi connectivity index (χ3v) is 3.20. The van der Waals surface area contributed by atoms with E-state index in [4.69, 9.17) is 4.74 Å². The van der Waals surface area contributed by atoms with E-state index in [9.17, 15) is 0 Å². The highest BCUT2D eigenvalue weighted by atomic mass is 16.5. The molecule has 100 valence electrons. The Kier molecular flexibility index (Phi) is 3.21. The highest BCUT2D eigenvalue weighted by Gasteiger charge is 2.13. The van der Waals surface area contributed by atoms with E-state index in [2.05, 4.69) is 21.1 Å². The number of hydrogen-bond donors (Lipinski definition) is 0. The van der Waals surface area contributed by atoms with E-state index in [1.54, 1.807) is 0 Å². The van der Waals surface area contributed by atoms with Gasteiger partial charge in [0.2, 0.25) is 5.88 Å². The van der Waals surface area contributed by atoms with Gasteiger partial charge in [0.25, 0.3) is 0 Å². The molecule has 0 bridgehead atoms. The van der Waals surface area contributed by atoms with Gasteiger partial charge in [-0.15, -0.1) is 6.58 Å². The van der Waals surface area contributed by atoms with Crippen molar-refractivity contribution in [3.05, 3.63) is 61.1 Å². The Bertz CT molecular complexity index is 747. The van der Waals surface area contributed by atoms with Gasteiger partial charge < -0.3 is 9.30 Å². The average molecular weight is 265 g/mol. The SMILES string of the molecule is C=CCc1cc2ncnc(Oc3ccccc3)c2n1C. The number of aryl methyl sites for hydroxylation is 1. The van der Waals surface area contributed by atoms with E-state index in [0.717, 1.165) is 28.9 Å². The van der Waals surface area contributed by atoms with Crippen LogP contribution in [-0.2, 0) is 13.5 Å².